The van der Waals surface area contributed by atoms with Crippen LogP contribution in [0.5, 0.6) is 0 Å². The molecule has 0 aliphatic heterocycles. The van der Waals surface area contributed by atoms with Crippen molar-refractivity contribution in [2.24, 2.45) is 0 Å². The highest BCUT2D eigenvalue weighted by molar-refractivity contribution is 7.99. The highest BCUT2D eigenvalue weighted by Crippen LogP contribution is 2.15. The van der Waals surface area contributed by atoms with Gasteiger partial charge in [0, 0.05) is 18.3 Å². The first-order valence-electron chi connectivity index (χ1n) is 9.82. The van der Waals surface area contributed by atoms with Crippen molar-refractivity contribution in [2.75, 3.05) is 12.3 Å². The normalized spacial score (nSPS) is 11.9. The lowest BCUT2D eigenvalue weighted by Crippen LogP contribution is -2.50. The molecule has 2 aromatic carbocycles. The molecule has 2 rings (SSSR count). The Bertz CT molecular complexity index is 781. The van der Waals surface area contributed by atoms with Crippen LogP contribution < -0.4 is 5.32 Å². The Labute approximate surface area is 176 Å². The van der Waals surface area contributed by atoms with Crippen molar-refractivity contribution < 1.29 is 14.0 Å². The van der Waals surface area contributed by atoms with E-state index in [1.54, 1.807) is 24.0 Å². The Morgan fingerprint density at radius 1 is 1.00 bits per heavy atom. The maximum atomic E-state index is 13.0. The van der Waals surface area contributed by atoms with Gasteiger partial charge >= 0.3 is 0 Å². The lowest BCUT2D eigenvalue weighted by Gasteiger charge is -2.29. The van der Waals surface area contributed by atoms with Crippen LogP contribution in [0.25, 0.3) is 0 Å². The summed E-state index contributed by atoms with van der Waals surface area (Å²) in [4.78, 5) is 27.1. The molecule has 0 aromatic heterocycles. The van der Waals surface area contributed by atoms with E-state index in [1.807, 2.05) is 44.2 Å². The number of rotatable bonds is 10. The van der Waals surface area contributed by atoms with Crippen LogP contribution in [0.3, 0.4) is 0 Å². The fourth-order valence-corrected chi connectivity index (χ4v) is 3.77. The molecule has 4 nitrogen and oxygen atoms in total. The van der Waals surface area contributed by atoms with Crippen LogP contribution in [0.1, 0.15) is 31.9 Å². The second kappa shape index (κ2) is 11.6. The number of carbonyl (C=O) groups excluding carboxylic acids is 2. The number of thioether (sulfide) groups is 1. The first-order valence-corrected chi connectivity index (χ1v) is 11.0. The largest absolute Gasteiger partial charge is 0.352 e. The Morgan fingerprint density at radius 3 is 2.28 bits per heavy atom. The smallest absolute Gasteiger partial charge is 0.242 e. The fourth-order valence-electron chi connectivity index (χ4n) is 2.89. The van der Waals surface area contributed by atoms with E-state index in [-0.39, 0.29) is 29.4 Å². The van der Waals surface area contributed by atoms with Gasteiger partial charge in [-0.25, -0.2) is 4.39 Å². The minimum absolute atomic E-state index is 0.0175. The number of carbonyl (C=O) groups is 2. The van der Waals surface area contributed by atoms with Crippen molar-refractivity contribution >= 4 is 23.6 Å². The number of halogens is 1. The van der Waals surface area contributed by atoms with Gasteiger partial charge in [0.2, 0.25) is 11.8 Å². The fraction of sp³-hybridized carbons (Fsp3) is 0.391. The van der Waals surface area contributed by atoms with Crippen LogP contribution in [0.4, 0.5) is 4.39 Å². The van der Waals surface area contributed by atoms with Crippen molar-refractivity contribution in [1.29, 1.82) is 0 Å². The quantitative estimate of drug-likeness (QED) is 0.636. The van der Waals surface area contributed by atoms with E-state index in [1.165, 1.54) is 23.9 Å². The molecule has 6 heteroatoms. The van der Waals surface area contributed by atoms with Crippen LogP contribution in [-0.2, 0) is 21.8 Å². The molecule has 2 amide bonds. The molecule has 0 fully saturated rings. The van der Waals surface area contributed by atoms with Gasteiger partial charge < -0.3 is 10.2 Å². The number of nitrogens with zero attached hydrogens (tertiary/aromatic N) is 1. The first-order chi connectivity index (χ1) is 13.9. The zero-order valence-corrected chi connectivity index (χ0v) is 18.0. The summed E-state index contributed by atoms with van der Waals surface area (Å²) < 4.78 is 13.0. The summed E-state index contributed by atoms with van der Waals surface area (Å²) in [5, 5.41) is 2.89. The lowest BCUT2D eigenvalue weighted by atomic mass is 10.1. The summed E-state index contributed by atoms with van der Waals surface area (Å²) in [6, 6.07) is 15.7. The molecule has 0 aliphatic rings. The summed E-state index contributed by atoms with van der Waals surface area (Å²) in [6.07, 6.45) is 0.689. The van der Waals surface area contributed by atoms with Gasteiger partial charge in [-0.15, -0.1) is 11.8 Å². The molecule has 0 bridgehead atoms. The Balaban J connectivity index is 1.98. The monoisotopic (exact) mass is 416 g/mol. The third kappa shape index (κ3) is 7.89. The number of amides is 2. The predicted octanol–water partition coefficient (Wildman–Crippen LogP) is 4.04. The average Bonchev–Trinajstić information content (AvgIpc) is 2.69. The molecule has 1 N–H and O–H groups in total. The van der Waals surface area contributed by atoms with Crippen molar-refractivity contribution in [3.05, 3.63) is 71.5 Å². The first kappa shape index (κ1) is 22.9. The maximum Gasteiger partial charge on any atom is 0.242 e. The number of benzene rings is 2. The van der Waals surface area contributed by atoms with E-state index in [4.69, 9.17) is 0 Å². The van der Waals surface area contributed by atoms with Gasteiger partial charge in [-0.3, -0.25) is 9.59 Å². The minimum Gasteiger partial charge on any atom is -0.352 e. The van der Waals surface area contributed by atoms with Crippen LogP contribution in [0, 0.1) is 5.82 Å². The third-order valence-electron chi connectivity index (χ3n) is 4.49. The van der Waals surface area contributed by atoms with Gasteiger partial charge in [0.25, 0.3) is 0 Å². The van der Waals surface area contributed by atoms with Crippen LogP contribution in [0.2, 0.25) is 0 Å². The Hall–Kier alpha value is -2.34. The van der Waals surface area contributed by atoms with E-state index in [0.29, 0.717) is 18.7 Å². The Morgan fingerprint density at radius 2 is 1.66 bits per heavy atom. The highest BCUT2D eigenvalue weighted by atomic mass is 32.2. The molecule has 0 heterocycles. The predicted molar refractivity (Wildman–Crippen MR) is 117 cm³/mol. The van der Waals surface area contributed by atoms with E-state index < -0.39 is 6.04 Å². The maximum absolute atomic E-state index is 13.0. The van der Waals surface area contributed by atoms with Gasteiger partial charge in [0.1, 0.15) is 11.9 Å². The van der Waals surface area contributed by atoms with Crippen LogP contribution in [-0.4, -0.2) is 41.1 Å². The second-order valence-electron chi connectivity index (χ2n) is 7.28. The summed E-state index contributed by atoms with van der Waals surface area (Å²) in [7, 11) is 0. The molecule has 0 saturated carbocycles. The van der Waals surface area contributed by atoms with Gasteiger partial charge in [0.05, 0.1) is 5.75 Å². The number of hydrogen-bond acceptors (Lipinski definition) is 3. The van der Waals surface area contributed by atoms with Gasteiger partial charge in [-0.2, -0.15) is 0 Å². The molecule has 1 unspecified atom stereocenters. The SMILES string of the molecule is CC(C)NC(=O)C(C)N(CCc1ccccc1)C(=O)CSCc1ccc(F)cc1. The molecule has 156 valence electrons. The average molecular weight is 417 g/mol. The molecule has 1 atom stereocenters. The molecule has 0 spiro atoms. The summed E-state index contributed by atoms with van der Waals surface area (Å²) >= 11 is 1.47. The summed E-state index contributed by atoms with van der Waals surface area (Å²) in [5.41, 5.74) is 2.09. The zero-order chi connectivity index (χ0) is 21.2. The highest BCUT2D eigenvalue weighted by Gasteiger charge is 2.25. The van der Waals surface area contributed by atoms with Crippen LogP contribution >= 0.6 is 11.8 Å². The molecule has 0 radical (unpaired) electrons. The summed E-state index contributed by atoms with van der Waals surface area (Å²) in [6.45, 7) is 6.05. The third-order valence-corrected chi connectivity index (χ3v) is 5.48. The van der Waals surface area contributed by atoms with Crippen molar-refractivity contribution in [3.8, 4) is 0 Å². The molecular formula is C23H29FN2O2S. The lowest BCUT2D eigenvalue weighted by molar-refractivity contribution is -0.138. The van der Waals surface area contributed by atoms with Crippen molar-refractivity contribution in [2.45, 2.75) is 45.0 Å². The van der Waals surface area contributed by atoms with Crippen molar-refractivity contribution in [1.82, 2.24) is 10.2 Å². The minimum atomic E-state index is -0.542. The number of hydrogen-bond donors (Lipinski definition) is 1. The van der Waals surface area contributed by atoms with Gasteiger partial charge in [-0.05, 0) is 50.5 Å². The summed E-state index contributed by atoms with van der Waals surface area (Å²) in [5.74, 6) is 0.396. The zero-order valence-electron chi connectivity index (χ0n) is 17.2. The molecule has 0 saturated heterocycles. The van der Waals surface area contributed by atoms with Crippen LogP contribution in [0.15, 0.2) is 54.6 Å². The molecule has 2 aromatic rings. The van der Waals surface area contributed by atoms with E-state index in [2.05, 4.69) is 5.32 Å². The number of nitrogens with one attached hydrogen (secondary N) is 1. The molecule has 29 heavy (non-hydrogen) atoms. The van der Waals surface area contributed by atoms with E-state index >= 15 is 0 Å². The molecular weight excluding hydrogens is 387 g/mol. The standard InChI is InChI=1S/C23H29FN2O2S/c1-17(2)25-23(28)18(3)26(14-13-19-7-5-4-6-8-19)22(27)16-29-15-20-9-11-21(24)12-10-20/h4-12,17-18H,13-16H2,1-3H3,(H,25,28). The van der Waals surface area contributed by atoms with Crippen molar-refractivity contribution in [3.63, 3.8) is 0 Å². The van der Waals surface area contributed by atoms with Gasteiger partial charge in [0.15, 0.2) is 0 Å². The van der Waals surface area contributed by atoms with Gasteiger partial charge in [-0.1, -0.05) is 42.5 Å². The Kier molecular flexibility index (Phi) is 9.19. The second-order valence-corrected chi connectivity index (χ2v) is 8.27. The van der Waals surface area contributed by atoms with E-state index in [9.17, 15) is 14.0 Å². The van der Waals surface area contributed by atoms with E-state index in [0.717, 1.165) is 11.1 Å². The molecule has 0 aliphatic carbocycles. The topological polar surface area (TPSA) is 49.4 Å².